The number of nitrogens with zero attached hydrogens (tertiary/aromatic N) is 2. The van der Waals surface area contributed by atoms with Gasteiger partial charge in [0.1, 0.15) is 0 Å². The minimum absolute atomic E-state index is 0.0149. The largest absolute Gasteiger partial charge is 0.382 e. The van der Waals surface area contributed by atoms with Crippen molar-refractivity contribution in [2.45, 2.75) is 38.5 Å². The predicted octanol–water partition coefficient (Wildman–Crippen LogP) is 0.793. The van der Waals surface area contributed by atoms with E-state index in [-0.39, 0.29) is 30.8 Å². The molecule has 31 heavy (non-hydrogen) atoms. The highest BCUT2D eigenvalue weighted by Gasteiger charge is 2.63. The third-order valence-electron chi connectivity index (χ3n) is 6.40. The summed E-state index contributed by atoms with van der Waals surface area (Å²) in [4.78, 5) is 39.7. The molecule has 2 fully saturated rings. The Bertz CT molecular complexity index is 1110. The minimum atomic E-state index is -1.68. The van der Waals surface area contributed by atoms with E-state index in [1.54, 1.807) is 24.8 Å². The Hall–Kier alpha value is -3.05. The van der Waals surface area contributed by atoms with Crippen molar-refractivity contribution < 1.29 is 32.8 Å². The van der Waals surface area contributed by atoms with Crippen molar-refractivity contribution in [1.29, 1.82) is 0 Å². The Morgan fingerprint density at radius 3 is 2.71 bits per heavy atom. The number of rotatable bonds is 2. The number of nitrogens with one attached hydrogen (secondary N) is 2. The SMILES string of the molecule is COC[C@@H]1CN2c3c(cc4c(C)noc4c3F)CC3(C(=O)NC(=O)NC3=O)[C@H]2[C@H](C)O1. The number of carbonyl (C=O) groups is 3. The third kappa shape index (κ3) is 2.62. The molecule has 0 saturated carbocycles. The quantitative estimate of drug-likeness (QED) is 0.668. The molecule has 3 aliphatic heterocycles. The summed E-state index contributed by atoms with van der Waals surface area (Å²) in [6, 6.07) is -0.0340. The molecule has 5 rings (SSSR count). The summed E-state index contributed by atoms with van der Waals surface area (Å²) in [7, 11) is 1.53. The van der Waals surface area contributed by atoms with Crippen LogP contribution in [0.25, 0.3) is 11.0 Å². The lowest BCUT2D eigenvalue weighted by molar-refractivity contribution is -0.155. The van der Waals surface area contributed by atoms with Crippen LogP contribution in [0.5, 0.6) is 0 Å². The number of hydrogen-bond donors (Lipinski definition) is 2. The fourth-order valence-corrected chi connectivity index (χ4v) is 5.22. The van der Waals surface area contributed by atoms with Gasteiger partial charge in [0.05, 0.1) is 36.2 Å². The number of benzene rings is 1. The number of barbiturate groups is 1. The Kier molecular flexibility index (Phi) is 4.31. The van der Waals surface area contributed by atoms with E-state index in [1.807, 2.05) is 0 Å². The highest BCUT2D eigenvalue weighted by atomic mass is 19.1. The number of imide groups is 2. The van der Waals surface area contributed by atoms with Crippen LogP contribution in [0.3, 0.4) is 0 Å². The summed E-state index contributed by atoms with van der Waals surface area (Å²) < 4.78 is 32.1. The number of ether oxygens (including phenoxy) is 2. The average Bonchev–Trinajstić information content (AvgIpc) is 3.07. The van der Waals surface area contributed by atoms with Crippen LogP contribution in [0.2, 0.25) is 0 Å². The molecule has 4 heterocycles. The molecule has 0 bridgehead atoms. The number of anilines is 1. The van der Waals surface area contributed by atoms with E-state index in [0.29, 0.717) is 16.6 Å². The van der Waals surface area contributed by atoms with Crippen molar-refractivity contribution in [2.75, 3.05) is 25.2 Å². The summed E-state index contributed by atoms with van der Waals surface area (Å²) in [5, 5.41) is 8.73. The van der Waals surface area contributed by atoms with Gasteiger partial charge < -0.3 is 18.9 Å². The minimum Gasteiger partial charge on any atom is -0.382 e. The Morgan fingerprint density at radius 2 is 2.03 bits per heavy atom. The van der Waals surface area contributed by atoms with Gasteiger partial charge in [-0.05, 0) is 25.5 Å². The Morgan fingerprint density at radius 1 is 1.32 bits per heavy atom. The second kappa shape index (κ2) is 6.72. The molecule has 10 nitrogen and oxygen atoms in total. The van der Waals surface area contributed by atoms with Crippen LogP contribution in [-0.2, 0) is 25.5 Å². The molecular formula is C20H21FN4O6. The maximum absolute atomic E-state index is 15.7. The van der Waals surface area contributed by atoms with Crippen LogP contribution < -0.4 is 15.5 Å². The van der Waals surface area contributed by atoms with Gasteiger partial charge in [-0.2, -0.15) is 0 Å². The summed E-state index contributed by atoms with van der Waals surface area (Å²) in [5.74, 6) is -2.07. The average molecular weight is 432 g/mol. The van der Waals surface area contributed by atoms with Crippen LogP contribution >= 0.6 is 0 Å². The summed E-state index contributed by atoms with van der Waals surface area (Å²) in [6.45, 7) is 3.83. The van der Waals surface area contributed by atoms with Gasteiger partial charge in [-0.25, -0.2) is 9.18 Å². The van der Waals surface area contributed by atoms with Crippen LogP contribution in [0, 0.1) is 18.2 Å². The molecule has 3 atom stereocenters. The monoisotopic (exact) mass is 432 g/mol. The fourth-order valence-electron chi connectivity index (χ4n) is 5.22. The number of fused-ring (bicyclic) bond motifs is 5. The summed E-state index contributed by atoms with van der Waals surface area (Å²) in [6.07, 6.45) is -1.16. The summed E-state index contributed by atoms with van der Waals surface area (Å²) in [5.41, 5.74) is -0.469. The predicted molar refractivity (Wildman–Crippen MR) is 104 cm³/mol. The van der Waals surface area contributed by atoms with Gasteiger partial charge in [0, 0.05) is 25.5 Å². The first-order valence-electron chi connectivity index (χ1n) is 9.93. The zero-order chi connectivity index (χ0) is 22.1. The molecule has 2 aromatic rings. The fraction of sp³-hybridized carbons (Fsp3) is 0.500. The number of hydrogen-bond acceptors (Lipinski definition) is 8. The molecule has 11 heteroatoms. The number of aromatic nitrogens is 1. The van der Waals surface area contributed by atoms with E-state index in [1.165, 1.54) is 7.11 Å². The van der Waals surface area contributed by atoms with Gasteiger partial charge >= 0.3 is 6.03 Å². The molecule has 1 spiro atoms. The van der Waals surface area contributed by atoms with Crippen molar-refractivity contribution in [3.05, 3.63) is 23.1 Å². The summed E-state index contributed by atoms with van der Waals surface area (Å²) >= 11 is 0. The molecule has 3 aliphatic rings. The molecule has 0 radical (unpaired) electrons. The lowest BCUT2D eigenvalue weighted by atomic mass is 9.66. The molecular weight excluding hydrogens is 411 g/mol. The molecule has 0 aliphatic carbocycles. The van der Waals surface area contributed by atoms with Gasteiger partial charge in [0.2, 0.25) is 17.4 Å². The van der Waals surface area contributed by atoms with E-state index >= 15 is 4.39 Å². The van der Waals surface area contributed by atoms with E-state index in [9.17, 15) is 14.4 Å². The molecule has 1 aromatic heterocycles. The van der Waals surface area contributed by atoms with E-state index < -0.39 is 47.3 Å². The van der Waals surface area contributed by atoms with Gasteiger partial charge in [0.25, 0.3) is 0 Å². The maximum Gasteiger partial charge on any atom is 0.328 e. The topological polar surface area (TPSA) is 123 Å². The normalized spacial score (nSPS) is 27.2. The van der Waals surface area contributed by atoms with Crippen molar-refractivity contribution in [3.63, 3.8) is 0 Å². The molecule has 2 N–H and O–H groups in total. The first-order valence-corrected chi connectivity index (χ1v) is 9.93. The second-order valence-corrected chi connectivity index (χ2v) is 8.24. The van der Waals surface area contributed by atoms with Gasteiger partial charge in [-0.3, -0.25) is 20.2 Å². The highest BCUT2D eigenvalue weighted by molar-refractivity contribution is 6.20. The first-order chi connectivity index (χ1) is 14.8. The first kappa shape index (κ1) is 19.9. The van der Waals surface area contributed by atoms with E-state index in [2.05, 4.69) is 15.8 Å². The standard InChI is InChI=1S/C20H21FN4O6/c1-8-12-4-10-5-20(17(26)22-19(28)23-18(20)27)16-9(2)30-11(7-29-3)6-25(16)14(10)13(21)15(12)31-24-8/h4,9,11,16H,5-7H2,1-3H3,(H2,22,23,26,27,28)/t9-,11-,16+/m0/s1. The smallest absolute Gasteiger partial charge is 0.328 e. The van der Waals surface area contributed by atoms with Gasteiger partial charge in [-0.1, -0.05) is 5.16 Å². The van der Waals surface area contributed by atoms with Crippen LogP contribution in [0.4, 0.5) is 14.9 Å². The van der Waals surface area contributed by atoms with E-state index in [4.69, 9.17) is 14.0 Å². The number of halogens is 1. The molecule has 0 unspecified atom stereocenters. The molecule has 1 aromatic carbocycles. The third-order valence-corrected chi connectivity index (χ3v) is 6.40. The highest BCUT2D eigenvalue weighted by Crippen LogP contribution is 2.49. The van der Waals surface area contributed by atoms with Gasteiger partial charge in [0.15, 0.2) is 11.2 Å². The molecule has 164 valence electrons. The molecule has 2 saturated heterocycles. The number of urea groups is 1. The number of carbonyl (C=O) groups excluding carboxylic acids is 3. The van der Waals surface area contributed by atoms with Crippen molar-refractivity contribution in [3.8, 4) is 0 Å². The van der Waals surface area contributed by atoms with Crippen molar-refractivity contribution in [1.82, 2.24) is 15.8 Å². The second-order valence-electron chi connectivity index (χ2n) is 8.24. The van der Waals surface area contributed by atoms with Gasteiger partial charge in [-0.15, -0.1) is 0 Å². The zero-order valence-corrected chi connectivity index (χ0v) is 17.2. The van der Waals surface area contributed by atoms with Crippen LogP contribution in [0.15, 0.2) is 10.6 Å². The number of amides is 4. The van der Waals surface area contributed by atoms with Crippen molar-refractivity contribution >= 4 is 34.5 Å². The molecule has 4 amide bonds. The lowest BCUT2D eigenvalue weighted by Crippen LogP contribution is -2.75. The Balaban J connectivity index is 1.75. The van der Waals surface area contributed by atoms with Crippen LogP contribution in [-0.4, -0.2) is 61.5 Å². The Labute approximate surface area is 176 Å². The van der Waals surface area contributed by atoms with E-state index in [0.717, 1.165) is 0 Å². The lowest BCUT2D eigenvalue weighted by Gasteiger charge is -2.55. The van der Waals surface area contributed by atoms with Crippen molar-refractivity contribution in [2.24, 2.45) is 5.41 Å². The maximum atomic E-state index is 15.7. The number of morpholine rings is 1. The number of aryl methyl sites for hydroxylation is 1. The van der Waals surface area contributed by atoms with Crippen LogP contribution in [0.1, 0.15) is 18.2 Å². The number of methoxy groups -OCH3 is 1. The zero-order valence-electron chi connectivity index (χ0n) is 17.2.